The van der Waals surface area contributed by atoms with Gasteiger partial charge in [0.05, 0.1) is 11.4 Å². The molecule has 1 unspecified atom stereocenters. The lowest BCUT2D eigenvalue weighted by molar-refractivity contribution is 0.303. The van der Waals surface area contributed by atoms with E-state index in [2.05, 4.69) is 62.7 Å². The molecule has 2 aromatic heterocycles. The van der Waals surface area contributed by atoms with E-state index in [4.69, 9.17) is 0 Å². The van der Waals surface area contributed by atoms with Crippen LogP contribution in [0.2, 0.25) is 0 Å². The molecule has 0 saturated heterocycles. The Morgan fingerprint density at radius 1 is 1.08 bits per heavy atom. The van der Waals surface area contributed by atoms with Gasteiger partial charge in [-0.05, 0) is 62.3 Å². The number of anilines is 2. The van der Waals surface area contributed by atoms with Crippen LogP contribution in [0, 0.1) is 0 Å². The van der Waals surface area contributed by atoms with E-state index in [1.807, 2.05) is 12.1 Å². The minimum absolute atomic E-state index is 0.587. The fourth-order valence-electron chi connectivity index (χ4n) is 3.13. The summed E-state index contributed by atoms with van der Waals surface area (Å²) in [4.78, 5) is 11.2. The van der Waals surface area contributed by atoms with Gasteiger partial charge in [-0.15, -0.1) is 0 Å². The minimum atomic E-state index is 0.587. The average Bonchev–Trinajstić information content (AvgIpc) is 3.24. The van der Waals surface area contributed by atoms with E-state index in [1.54, 1.807) is 12.4 Å². The highest BCUT2D eigenvalue weighted by atomic mass is 15.1. The molecule has 0 bridgehead atoms. The Kier molecular flexibility index (Phi) is 3.74. The Morgan fingerprint density at radius 2 is 1.96 bits per heavy atom. The second-order valence-electron chi connectivity index (χ2n) is 6.37. The van der Waals surface area contributed by atoms with Crippen molar-refractivity contribution in [1.29, 1.82) is 0 Å². The molecule has 0 fully saturated rings. The maximum atomic E-state index is 4.55. The van der Waals surface area contributed by atoms with Crippen molar-refractivity contribution in [3.63, 3.8) is 0 Å². The average molecular weight is 320 g/mol. The van der Waals surface area contributed by atoms with Gasteiger partial charge in [-0.1, -0.05) is 6.07 Å². The lowest BCUT2D eigenvalue weighted by Gasteiger charge is -2.17. The van der Waals surface area contributed by atoms with Gasteiger partial charge in [0.2, 0.25) is 5.95 Å². The topological polar surface area (TPSA) is 69.7 Å². The summed E-state index contributed by atoms with van der Waals surface area (Å²) in [6.07, 6.45) is 5.68. The second kappa shape index (κ2) is 6.05. The Morgan fingerprint density at radius 3 is 2.75 bits per heavy atom. The van der Waals surface area contributed by atoms with Crippen LogP contribution in [0.5, 0.6) is 0 Å². The SMILES string of the molecule is CN(C)C1Cc2ccc(Nc3nccc(-c4ccn[nH]4)n3)cc2C1. The fourth-order valence-corrected chi connectivity index (χ4v) is 3.13. The maximum absolute atomic E-state index is 4.55. The maximum Gasteiger partial charge on any atom is 0.227 e. The molecule has 3 aromatic rings. The smallest absolute Gasteiger partial charge is 0.227 e. The third-order valence-electron chi connectivity index (χ3n) is 4.54. The molecule has 1 aliphatic carbocycles. The van der Waals surface area contributed by atoms with Crippen molar-refractivity contribution < 1.29 is 0 Å². The van der Waals surface area contributed by atoms with Crippen LogP contribution in [0.15, 0.2) is 42.7 Å². The molecule has 24 heavy (non-hydrogen) atoms. The first-order valence-electron chi connectivity index (χ1n) is 8.07. The predicted molar refractivity (Wildman–Crippen MR) is 94.2 cm³/mol. The molecule has 122 valence electrons. The molecule has 2 N–H and O–H groups in total. The number of fused-ring (bicyclic) bond motifs is 1. The third-order valence-corrected chi connectivity index (χ3v) is 4.54. The van der Waals surface area contributed by atoms with Gasteiger partial charge in [-0.25, -0.2) is 9.97 Å². The number of hydrogen-bond donors (Lipinski definition) is 2. The molecule has 0 saturated carbocycles. The van der Waals surface area contributed by atoms with Crippen LogP contribution < -0.4 is 5.32 Å². The van der Waals surface area contributed by atoms with E-state index in [9.17, 15) is 0 Å². The van der Waals surface area contributed by atoms with E-state index >= 15 is 0 Å². The fraction of sp³-hybridized carbons (Fsp3) is 0.278. The van der Waals surface area contributed by atoms with Gasteiger partial charge in [0, 0.05) is 24.1 Å². The number of aromatic nitrogens is 4. The zero-order chi connectivity index (χ0) is 16.5. The van der Waals surface area contributed by atoms with Crippen LogP contribution in [0.3, 0.4) is 0 Å². The molecule has 0 radical (unpaired) electrons. The summed E-state index contributed by atoms with van der Waals surface area (Å²) in [6.45, 7) is 0. The van der Waals surface area contributed by atoms with Crippen molar-refractivity contribution in [2.45, 2.75) is 18.9 Å². The molecule has 2 heterocycles. The predicted octanol–water partition coefficient (Wildman–Crippen LogP) is 2.64. The molecule has 1 aliphatic rings. The molecular formula is C18H20N6. The first-order valence-corrected chi connectivity index (χ1v) is 8.07. The largest absolute Gasteiger partial charge is 0.324 e. The van der Waals surface area contributed by atoms with Crippen LogP contribution in [0.4, 0.5) is 11.6 Å². The van der Waals surface area contributed by atoms with Gasteiger partial charge in [0.1, 0.15) is 0 Å². The Hall–Kier alpha value is -2.73. The normalized spacial score (nSPS) is 16.4. The molecule has 1 atom stereocenters. The standard InChI is InChI=1S/C18H20N6/c1-24(2)15-10-12-3-4-14(9-13(12)11-15)21-18-19-7-5-16(22-18)17-6-8-20-23-17/h3-9,15H,10-11H2,1-2H3,(H,20,23)(H,19,21,22). The van der Waals surface area contributed by atoms with Gasteiger partial charge in [-0.2, -0.15) is 5.10 Å². The molecule has 6 nitrogen and oxygen atoms in total. The van der Waals surface area contributed by atoms with Crippen LogP contribution in [0.1, 0.15) is 11.1 Å². The lowest BCUT2D eigenvalue weighted by Crippen LogP contribution is -2.27. The lowest BCUT2D eigenvalue weighted by atomic mass is 10.1. The van der Waals surface area contributed by atoms with Crippen LogP contribution >= 0.6 is 0 Å². The number of nitrogens with zero attached hydrogens (tertiary/aromatic N) is 4. The van der Waals surface area contributed by atoms with Crippen molar-refractivity contribution in [3.05, 3.63) is 53.9 Å². The summed E-state index contributed by atoms with van der Waals surface area (Å²) in [6, 6.07) is 10.9. The second-order valence-corrected chi connectivity index (χ2v) is 6.37. The van der Waals surface area contributed by atoms with E-state index < -0.39 is 0 Å². The number of nitrogens with one attached hydrogen (secondary N) is 2. The highest BCUT2D eigenvalue weighted by Gasteiger charge is 2.23. The van der Waals surface area contributed by atoms with E-state index in [0.717, 1.165) is 29.9 Å². The molecule has 0 spiro atoms. The molecular weight excluding hydrogens is 300 g/mol. The molecule has 4 rings (SSSR count). The van der Waals surface area contributed by atoms with Crippen molar-refractivity contribution >= 4 is 11.6 Å². The van der Waals surface area contributed by atoms with Gasteiger partial charge < -0.3 is 10.2 Å². The van der Waals surface area contributed by atoms with Crippen LogP contribution in [-0.4, -0.2) is 45.2 Å². The van der Waals surface area contributed by atoms with Crippen molar-refractivity contribution in [1.82, 2.24) is 25.1 Å². The number of H-pyrrole nitrogens is 1. The first-order chi connectivity index (χ1) is 11.7. The number of likely N-dealkylation sites (N-methyl/N-ethyl adjacent to an activating group) is 1. The molecule has 0 aliphatic heterocycles. The van der Waals surface area contributed by atoms with Gasteiger partial charge >= 0.3 is 0 Å². The van der Waals surface area contributed by atoms with E-state index in [-0.39, 0.29) is 0 Å². The van der Waals surface area contributed by atoms with E-state index in [1.165, 1.54) is 11.1 Å². The highest BCUT2D eigenvalue weighted by molar-refractivity contribution is 5.60. The summed E-state index contributed by atoms with van der Waals surface area (Å²) in [5.74, 6) is 0.587. The zero-order valence-electron chi connectivity index (χ0n) is 13.8. The van der Waals surface area contributed by atoms with Gasteiger partial charge in [0.25, 0.3) is 0 Å². The van der Waals surface area contributed by atoms with Crippen molar-refractivity contribution in [2.24, 2.45) is 0 Å². The van der Waals surface area contributed by atoms with E-state index in [0.29, 0.717) is 12.0 Å². The number of rotatable bonds is 4. The summed E-state index contributed by atoms with van der Waals surface area (Å²) >= 11 is 0. The number of aromatic amines is 1. The quantitative estimate of drug-likeness (QED) is 0.773. The van der Waals surface area contributed by atoms with Gasteiger partial charge in [0.15, 0.2) is 0 Å². The summed E-state index contributed by atoms with van der Waals surface area (Å²) in [5.41, 5.74) is 5.56. The Balaban J connectivity index is 1.55. The van der Waals surface area contributed by atoms with Gasteiger partial charge in [-0.3, -0.25) is 5.10 Å². The number of hydrogen-bond acceptors (Lipinski definition) is 5. The third kappa shape index (κ3) is 2.88. The Labute approximate surface area is 141 Å². The number of benzene rings is 1. The molecule has 0 amide bonds. The van der Waals surface area contributed by atoms with Crippen molar-refractivity contribution in [3.8, 4) is 11.4 Å². The highest BCUT2D eigenvalue weighted by Crippen LogP contribution is 2.28. The van der Waals surface area contributed by atoms with Crippen LogP contribution in [0.25, 0.3) is 11.4 Å². The molecule has 6 heteroatoms. The molecule has 1 aromatic carbocycles. The summed E-state index contributed by atoms with van der Waals surface area (Å²) in [5, 5.41) is 10.2. The Bertz CT molecular complexity index is 840. The van der Waals surface area contributed by atoms with Crippen molar-refractivity contribution in [2.75, 3.05) is 19.4 Å². The first kappa shape index (κ1) is 14.8. The zero-order valence-corrected chi connectivity index (χ0v) is 13.8. The summed E-state index contributed by atoms with van der Waals surface area (Å²) < 4.78 is 0. The van der Waals surface area contributed by atoms with Crippen LogP contribution in [-0.2, 0) is 12.8 Å². The minimum Gasteiger partial charge on any atom is -0.324 e. The monoisotopic (exact) mass is 320 g/mol. The summed E-state index contributed by atoms with van der Waals surface area (Å²) in [7, 11) is 4.29.